The topological polar surface area (TPSA) is 59.3 Å². The smallest absolute Gasteiger partial charge is 0.168 e. The van der Waals surface area contributed by atoms with Crippen LogP contribution in [-0.2, 0) is 11.3 Å². The van der Waals surface area contributed by atoms with Gasteiger partial charge in [-0.1, -0.05) is 13.8 Å². The van der Waals surface area contributed by atoms with E-state index in [0.29, 0.717) is 12.0 Å². The zero-order valence-electron chi connectivity index (χ0n) is 14.7. The molecule has 7 nitrogen and oxygen atoms in total. The van der Waals surface area contributed by atoms with Gasteiger partial charge in [0.1, 0.15) is 0 Å². The van der Waals surface area contributed by atoms with Gasteiger partial charge < -0.3 is 9.64 Å². The van der Waals surface area contributed by atoms with Crippen LogP contribution in [0, 0.1) is 5.92 Å². The first-order valence-corrected chi connectivity index (χ1v) is 8.93. The van der Waals surface area contributed by atoms with Crippen molar-refractivity contribution < 1.29 is 4.74 Å². The highest BCUT2D eigenvalue weighted by Crippen LogP contribution is 2.27. The largest absolute Gasteiger partial charge is 0.376 e. The normalized spacial score (nSPS) is 25.3. The number of aromatic nitrogens is 4. The summed E-state index contributed by atoms with van der Waals surface area (Å²) in [6, 6.07) is 0.306. The Kier molecular flexibility index (Phi) is 5.61. The maximum absolute atomic E-state index is 5.76. The predicted molar refractivity (Wildman–Crippen MR) is 88.1 cm³/mol. The van der Waals surface area contributed by atoms with Crippen molar-refractivity contribution in [3.8, 4) is 0 Å². The van der Waals surface area contributed by atoms with E-state index in [2.05, 4.69) is 46.2 Å². The van der Waals surface area contributed by atoms with Crippen molar-refractivity contribution in [2.45, 2.75) is 51.8 Å². The summed E-state index contributed by atoms with van der Waals surface area (Å²) >= 11 is 0. The van der Waals surface area contributed by atoms with E-state index >= 15 is 0 Å². The van der Waals surface area contributed by atoms with Gasteiger partial charge in [-0.25, -0.2) is 4.68 Å². The zero-order chi connectivity index (χ0) is 16.2. The molecule has 2 saturated heterocycles. The van der Waals surface area contributed by atoms with Gasteiger partial charge in [-0.3, -0.25) is 4.90 Å². The van der Waals surface area contributed by atoms with Gasteiger partial charge in [-0.2, -0.15) is 0 Å². The van der Waals surface area contributed by atoms with Crippen LogP contribution in [0.15, 0.2) is 0 Å². The lowest BCUT2D eigenvalue weighted by molar-refractivity contribution is 0.0789. The van der Waals surface area contributed by atoms with Crippen LogP contribution in [-0.4, -0.2) is 75.9 Å². The lowest BCUT2D eigenvalue weighted by Gasteiger charge is -2.38. The average Bonchev–Trinajstić information content (AvgIpc) is 3.18. The molecule has 7 heteroatoms. The number of hydrogen-bond donors (Lipinski definition) is 0. The monoisotopic (exact) mass is 322 g/mol. The average molecular weight is 322 g/mol. The molecule has 0 bridgehead atoms. The molecule has 130 valence electrons. The second kappa shape index (κ2) is 7.68. The van der Waals surface area contributed by atoms with Crippen LogP contribution in [0.25, 0.3) is 0 Å². The minimum Gasteiger partial charge on any atom is -0.376 e. The van der Waals surface area contributed by atoms with Gasteiger partial charge in [0.25, 0.3) is 0 Å². The van der Waals surface area contributed by atoms with E-state index in [0.717, 1.165) is 64.4 Å². The number of hydrogen-bond acceptors (Lipinski definition) is 6. The van der Waals surface area contributed by atoms with Crippen LogP contribution in [0.1, 0.15) is 45.0 Å². The van der Waals surface area contributed by atoms with Crippen LogP contribution in [0.5, 0.6) is 0 Å². The van der Waals surface area contributed by atoms with Crippen LogP contribution in [0.3, 0.4) is 0 Å². The number of rotatable bonds is 6. The van der Waals surface area contributed by atoms with Gasteiger partial charge in [0.2, 0.25) is 0 Å². The molecule has 2 atom stereocenters. The molecule has 0 amide bonds. The molecule has 0 unspecified atom stereocenters. The highest BCUT2D eigenvalue weighted by Gasteiger charge is 2.30. The Morgan fingerprint density at radius 2 is 2.00 bits per heavy atom. The Hall–Kier alpha value is -1.05. The van der Waals surface area contributed by atoms with Crippen LogP contribution in [0.4, 0.5) is 0 Å². The summed E-state index contributed by atoms with van der Waals surface area (Å²) in [4.78, 5) is 4.94. The van der Waals surface area contributed by atoms with Gasteiger partial charge in [0.05, 0.1) is 18.7 Å². The van der Waals surface area contributed by atoms with Crippen molar-refractivity contribution in [1.29, 1.82) is 0 Å². The number of tetrazole rings is 1. The summed E-state index contributed by atoms with van der Waals surface area (Å²) in [5, 5.41) is 12.6. The van der Waals surface area contributed by atoms with E-state index in [1.165, 1.54) is 0 Å². The fourth-order valence-electron chi connectivity index (χ4n) is 3.56. The third kappa shape index (κ3) is 4.28. The molecule has 3 rings (SSSR count). The molecule has 0 saturated carbocycles. The highest BCUT2D eigenvalue weighted by molar-refractivity contribution is 4.96. The lowest BCUT2D eigenvalue weighted by Crippen LogP contribution is -2.46. The number of likely N-dealkylation sites (N-methyl/N-ethyl adjacent to an activating group) is 1. The predicted octanol–water partition coefficient (Wildman–Crippen LogP) is 1.19. The van der Waals surface area contributed by atoms with Crippen molar-refractivity contribution in [3.63, 3.8) is 0 Å². The summed E-state index contributed by atoms with van der Waals surface area (Å²) in [6.45, 7) is 10.6. The molecule has 2 aliphatic heterocycles. The molecule has 0 spiro atoms. The molecule has 23 heavy (non-hydrogen) atoms. The zero-order valence-corrected chi connectivity index (χ0v) is 14.7. The SMILES string of the molecule is CC(C)C[C@H](c1nnnn1C[C@@H]1CCCO1)N1CCN(C)CC1. The Labute approximate surface area is 139 Å². The summed E-state index contributed by atoms with van der Waals surface area (Å²) in [6.07, 6.45) is 3.62. The molecular weight excluding hydrogens is 292 g/mol. The molecule has 0 N–H and O–H groups in total. The maximum atomic E-state index is 5.76. The molecule has 1 aromatic heterocycles. The van der Waals surface area contributed by atoms with Crippen LogP contribution in [0.2, 0.25) is 0 Å². The first-order valence-electron chi connectivity index (χ1n) is 8.93. The molecule has 0 aliphatic carbocycles. The number of piperazine rings is 1. The van der Waals surface area contributed by atoms with Crippen molar-refractivity contribution in [3.05, 3.63) is 5.82 Å². The summed E-state index contributed by atoms with van der Waals surface area (Å²) < 4.78 is 7.75. The van der Waals surface area contributed by atoms with E-state index in [4.69, 9.17) is 4.74 Å². The molecule has 2 aliphatic rings. The summed E-state index contributed by atoms with van der Waals surface area (Å²) in [5.41, 5.74) is 0. The van der Waals surface area contributed by atoms with E-state index in [-0.39, 0.29) is 6.10 Å². The molecular formula is C16H30N6O. The van der Waals surface area contributed by atoms with Crippen LogP contribution < -0.4 is 0 Å². The third-order valence-electron chi connectivity index (χ3n) is 4.93. The van der Waals surface area contributed by atoms with Gasteiger partial charge in [-0.05, 0) is 42.7 Å². The van der Waals surface area contributed by atoms with Crippen molar-refractivity contribution >= 4 is 0 Å². The minimum absolute atomic E-state index is 0.268. The van der Waals surface area contributed by atoms with Gasteiger partial charge in [0, 0.05) is 32.8 Å². The van der Waals surface area contributed by atoms with Crippen molar-refractivity contribution in [2.24, 2.45) is 5.92 Å². The molecule has 0 radical (unpaired) electrons. The Balaban J connectivity index is 1.75. The molecule has 0 aromatic carbocycles. The molecule has 2 fully saturated rings. The fourth-order valence-corrected chi connectivity index (χ4v) is 3.56. The molecule has 3 heterocycles. The van der Waals surface area contributed by atoms with E-state index in [9.17, 15) is 0 Å². The Bertz CT molecular complexity index is 477. The Morgan fingerprint density at radius 3 is 2.65 bits per heavy atom. The lowest BCUT2D eigenvalue weighted by atomic mass is 10.0. The third-order valence-corrected chi connectivity index (χ3v) is 4.93. The summed E-state index contributed by atoms with van der Waals surface area (Å²) in [5.74, 6) is 1.63. The van der Waals surface area contributed by atoms with Crippen molar-refractivity contribution in [2.75, 3.05) is 39.8 Å². The fraction of sp³-hybridized carbons (Fsp3) is 0.938. The quantitative estimate of drug-likeness (QED) is 0.784. The standard InChI is InChI=1S/C16H30N6O/c1-13(2)11-15(21-8-6-20(3)7-9-21)16-17-18-19-22(16)12-14-5-4-10-23-14/h13-15H,4-12H2,1-3H3/t14-,15+/m0/s1. The highest BCUT2D eigenvalue weighted by atomic mass is 16.5. The maximum Gasteiger partial charge on any atom is 0.168 e. The molecule has 1 aromatic rings. The van der Waals surface area contributed by atoms with Gasteiger partial charge in [-0.15, -0.1) is 5.10 Å². The van der Waals surface area contributed by atoms with E-state index in [1.54, 1.807) is 0 Å². The second-order valence-corrected chi connectivity index (χ2v) is 7.34. The van der Waals surface area contributed by atoms with E-state index < -0.39 is 0 Å². The van der Waals surface area contributed by atoms with Gasteiger partial charge >= 0.3 is 0 Å². The number of nitrogens with zero attached hydrogens (tertiary/aromatic N) is 6. The van der Waals surface area contributed by atoms with Gasteiger partial charge in [0.15, 0.2) is 5.82 Å². The minimum atomic E-state index is 0.268. The number of ether oxygens (including phenoxy) is 1. The first kappa shape index (κ1) is 16.8. The van der Waals surface area contributed by atoms with Crippen molar-refractivity contribution in [1.82, 2.24) is 30.0 Å². The van der Waals surface area contributed by atoms with E-state index in [1.807, 2.05) is 4.68 Å². The van der Waals surface area contributed by atoms with Crippen LogP contribution >= 0.6 is 0 Å². The first-order chi connectivity index (χ1) is 11.1. The second-order valence-electron chi connectivity index (χ2n) is 7.34. The Morgan fingerprint density at radius 1 is 1.22 bits per heavy atom. The summed E-state index contributed by atoms with van der Waals surface area (Å²) in [7, 11) is 2.19.